The maximum atomic E-state index is 9.02. The summed E-state index contributed by atoms with van der Waals surface area (Å²) >= 11 is 5.94. The molecule has 0 amide bonds. The lowest BCUT2D eigenvalue weighted by Crippen LogP contribution is -2.30. The highest BCUT2D eigenvalue weighted by Gasteiger charge is 2.13. The Morgan fingerprint density at radius 2 is 2.39 bits per heavy atom. The third-order valence-corrected chi connectivity index (χ3v) is 3.58. The first-order valence-corrected chi connectivity index (χ1v) is 6.71. The minimum absolute atomic E-state index is 0.431. The highest BCUT2D eigenvalue weighted by atomic mass is 35.5. The minimum atomic E-state index is 0.431. The standard InChI is InChI=1S/C14H17ClN2O/c15-13-4-1-5-14(12(13)9-16)18-8-6-11-3-2-7-17-10-11/h1,4-5,11,17H,2-3,6-8,10H2. The summed E-state index contributed by atoms with van der Waals surface area (Å²) in [5, 5.41) is 12.9. The van der Waals surface area contributed by atoms with Gasteiger partial charge >= 0.3 is 0 Å². The molecule has 1 aromatic carbocycles. The summed E-state index contributed by atoms with van der Waals surface area (Å²) < 4.78 is 5.68. The molecule has 0 aromatic heterocycles. The van der Waals surface area contributed by atoms with Crippen molar-refractivity contribution in [1.82, 2.24) is 5.32 Å². The van der Waals surface area contributed by atoms with Gasteiger partial charge < -0.3 is 10.1 Å². The van der Waals surface area contributed by atoms with Crippen LogP contribution in [-0.4, -0.2) is 19.7 Å². The van der Waals surface area contributed by atoms with Gasteiger partial charge in [-0.15, -0.1) is 0 Å². The van der Waals surface area contributed by atoms with Gasteiger partial charge in [0.05, 0.1) is 11.6 Å². The Morgan fingerprint density at radius 3 is 3.11 bits per heavy atom. The van der Waals surface area contributed by atoms with Gasteiger partial charge in [-0.3, -0.25) is 0 Å². The van der Waals surface area contributed by atoms with Gasteiger partial charge in [0.15, 0.2) is 0 Å². The number of nitrogens with zero attached hydrogens (tertiary/aromatic N) is 1. The zero-order valence-corrected chi connectivity index (χ0v) is 11.0. The molecule has 0 bridgehead atoms. The van der Waals surface area contributed by atoms with Crippen LogP contribution in [0, 0.1) is 17.2 Å². The fourth-order valence-electron chi connectivity index (χ4n) is 2.24. The molecule has 1 aliphatic heterocycles. The van der Waals surface area contributed by atoms with E-state index < -0.39 is 0 Å². The van der Waals surface area contributed by atoms with Crippen molar-refractivity contribution in [3.8, 4) is 11.8 Å². The second-order valence-electron chi connectivity index (χ2n) is 4.57. The van der Waals surface area contributed by atoms with E-state index in [2.05, 4.69) is 11.4 Å². The maximum absolute atomic E-state index is 9.02. The van der Waals surface area contributed by atoms with Crippen molar-refractivity contribution in [3.63, 3.8) is 0 Å². The summed E-state index contributed by atoms with van der Waals surface area (Å²) in [4.78, 5) is 0. The number of halogens is 1. The van der Waals surface area contributed by atoms with E-state index in [1.807, 2.05) is 0 Å². The summed E-state index contributed by atoms with van der Waals surface area (Å²) in [5.74, 6) is 1.28. The van der Waals surface area contributed by atoms with Crippen LogP contribution in [-0.2, 0) is 0 Å². The Bertz CT molecular complexity index is 436. The topological polar surface area (TPSA) is 45.0 Å². The Morgan fingerprint density at radius 1 is 1.50 bits per heavy atom. The van der Waals surface area contributed by atoms with Crippen LogP contribution < -0.4 is 10.1 Å². The second-order valence-corrected chi connectivity index (χ2v) is 4.98. The fourth-order valence-corrected chi connectivity index (χ4v) is 2.45. The number of ether oxygens (including phenoxy) is 1. The lowest BCUT2D eigenvalue weighted by Gasteiger charge is -2.22. The molecule has 18 heavy (non-hydrogen) atoms. The van der Waals surface area contributed by atoms with Crippen LogP contribution in [0.5, 0.6) is 5.75 Å². The average Bonchev–Trinajstić information content (AvgIpc) is 2.40. The van der Waals surface area contributed by atoms with Gasteiger partial charge in [-0.2, -0.15) is 5.26 Å². The normalized spacial score (nSPS) is 19.2. The fraction of sp³-hybridized carbons (Fsp3) is 0.500. The second kappa shape index (κ2) is 6.63. The van der Waals surface area contributed by atoms with Crippen LogP contribution in [0.3, 0.4) is 0 Å². The zero-order valence-electron chi connectivity index (χ0n) is 10.3. The molecule has 1 aliphatic rings. The molecule has 1 unspecified atom stereocenters. The van der Waals surface area contributed by atoms with E-state index in [9.17, 15) is 0 Å². The number of hydrogen-bond acceptors (Lipinski definition) is 3. The number of piperidine rings is 1. The van der Waals surface area contributed by atoms with E-state index in [1.165, 1.54) is 12.8 Å². The van der Waals surface area contributed by atoms with Crippen molar-refractivity contribution in [2.45, 2.75) is 19.3 Å². The molecule has 1 heterocycles. The lowest BCUT2D eigenvalue weighted by atomic mass is 9.97. The first-order valence-electron chi connectivity index (χ1n) is 6.33. The molecule has 1 atom stereocenters. The Hall–Kier alpha value is -1.24. The van der Waals surface area contributed by atoms with E-state index in [4.69, 9.17) is 21.6 Å². The van der Waals surface area contributed by atoms with E-state index >= 15 is 0 Å². The molecular formula is C14H17ClN2O. The van der Waals surface area contributed by atoms with Crippen LogP contribution in [0.15, 0.2) is 18.2 Å². The predicted octanol–water partition coefficient (Wildman–Crippen LogP) is 2.98. The van der Waals surface area contributed by atoms with Crippen molar-refractivity contribution in [3.05, 3.63) is 28.8 Å². The molecule has 2 rings (SSSR count). The third-order valence-electron chi connectivity index (χ3n) is 3.27. The number of nitriles is 1. The molecule has 3 nitrogen and oxygen atoms in total. The molecule has 0 aliphatic carbocycles. The van der Waals surface area contributed by atoms with Crippen LogP contribution >= 0.6 is 11.6 Å². The molecule has 1 N–H and O–H groups in total. The maximum Gasteiger partial charge on any atom is 0.138 e. The van der Waals surface area contributed by atoms with Crippen molar-refractivity contribution in [2.24, 2.45) is 5.92 Å². The van der Waals surface area contributed by atoms with E-state index in [0.29, 0.717) is 28.9 Å². The van der Waals surface area contributed by atoms with Crippen molar-refractivity contribution >= 4 is 11.6 Å². The van der Waals surface area contributed by atoms with E-state index in [1.54, 1.807) is 18.2 Å². The predicted molar refractivity (Wildman–Crippen MR) is 71.9 cm³/mol. The molecule has 1 aromatic rings. The number of rotatable bonds is 4. The van der Waals surface area contributed by atoms with Crippen molar-refractivity contribution < 1.29 is 4.74 Å². The van der Waals surface area contributed by atoms with Gasteiger partial charge in [0.1, 0.15) is 17.4 Å². The number of nitrogens with one attached hydrogen (secondary N) is 1. The summed E-state index contributed by atoms with van der Waals surface area (Å²) in [6, 6.07) is 7.39. The Balaban J connectivity index is 1.86. The Labute approximate surface area is 113 Å². The Kier molecular flexibility index (Phi) is 4.86. The summed E-state index contributed by atoms with van der Waals surface area (Å²) in [7, 11) is 0. The summed E-state index contributed by atoms with van der Waals surface area (Å²) in [6.45, 7) is 2.84. The van der Waals surface area contributed by atoms with Gasteiger partial charge in [0, 0.05) is 0 Å². The van der Waals surface area contributed by atoms with Crippen LogP contribution in [0.2, 0.25) is 5.02 Å². The largest absolute Gasteiger partial charge is 0.492 e. The van der Waals surface area contributed by atoms with Gasteiger partial charge in [-0.05, 0) is 50.4 Å². The molecule has 96 valence electrons. The number of hydrogen-bond donors (Lipinski definition) is 1. The molecule has 0 saturated carbocycles. The summed E-state index contributed by atoms with van der Waals surface area (Å²) in [6.07, 6.45) is 3.52. The highest BCUT2D eigenvalue weighted by molar-refractivity contribution is 6.31. The molecule has 0 radical (unpaired) electrons. The molecule has 4 heteroatoms. The SMILES string of the molecule is N#Cc1c(Cl)cccc1OCCC1CCCNC1. The monoisotopic (exact) mass is 264 g/mol. The average molecular weight is 265 g/mol. The molecular weight excluding hydrogens is 248 g/mol. The van der Waals surface area contributed by atoms with E-state index in [-0.39, 0.29) is 0 Å². The van der Waals surface area contributed by atoms with Gasteiger partial charge in [-0.25, -0.2) is 0 Å². The molecule has 1 saturated heterocycles. The smallest absolute Gasteiger partial charge is 0.138 e. The van der Waals surface area contributed by atoms with Gasteiger partial charge in [0.25, 0.3) is 0 Å². The van der Waals surface area contributed by atoms with Crippen LogP contribution in [0.4, 0.5) is 0 Å². The minimum Gasteiger partial charge on any atom is -0.492 e. The molecule has 1 fully saturated rings. The quantitative estimate of drug-likeness (QED) is 0.909. The van der Waals surface area contributed by atoms with Gasteiger partial charge in [-0.1, -0.05) is 17.7 Å². The lowest BCUT2D eigenvalue weighted by molar-refractivity contribution is 0.253. The first-order chi connectivity index (χ1) is 8.81. The highest BCUT2D eigenvalue weighted by Crippen LogP contribution is 2.26. The van der Waals surface area contributed by atoms with Crippen LogP contribution in [0.1, 0.15) is 24.8 Å². The van der Waals surface area contributed by atoms with Crippen LogP contribution in [0.25, 0.3) is 0 Å². The zero-order chi connectivity index (χ0) is 12.8. The summed E-state index contributed by atoms with van der Waals surface area (Å²) in [5.41, 5.74) is 0.431. The van der Waals surface area contributed by atoms with Gasteiger partial charge in [0.2, 0.25) is 0 Å². The van der Waals surface area contributed by atoms with Crippen molar-refractivity contribution in [1.29, 1.82) is 5.26 Å². The molecule has 0 spiro atoms. The number of benzene rings is 1. The van der Waals surface area contributed by atoms with Crippen molar-refractivity contribution in [2.75, 3.05) is 19.7 Å². The van der Waals surface area contributed by atoms with E-state index in [0.717, 1.165) is 19.5 Å². The first kappa shape index (κ1) is 13.2. The third kappa shape index (κ3) is 3.38.